The molecule has 0 atom stereocenters. The molecule has 0 heterocycles. The van der Waals surface area contributed by atoms with E-state index in [9.17, 15) is 0 Å². The van der Waals surface area contributed by atoms with Crippen LogP contribution in [0.25, 0.3) is 33.4 Å². The zero-order valence-corrected chi connectivity index (χ0v) is 21.7. The maximum Gasteiger partial charge on any atom is 0.0400 e. The van der Waals surface area contributed by atoms with Gasteiger partial charge in [0.15, 0.2) is 0 Å². The van der Waals surface area contributed by atoms with Crippen molar-refractivity contribution in [2.45, 2.75) is 0 Å². The van der Waals surface area contributed by atoms with Gasteiger partial charge >= 0.3 is 0 Å². The van der Waals surface area contributed by atoms with Crippen molar-refractivity contribution in [2.75, 3.05) is 16.8 Å². The van der Waals surface area contributed by atoms with Gasteiger partial charge < -0.3 is 16.8 Å². The van der Waals surface area contributed by atoms with Gasteiger partial charge in [-0.3, -0.25) is 0 Å². The number of hydrogen-bond acceptors (Lipinski definition) is 3. The molecule has 6 aromatic carbocycles. The second-order valence-corrected chi connectivity index (χ2v) is 9.16. The molecule has 0 unspecified atom stereocenters. The van der Waals surface area contributed by atoms with Gasteiger partial charge in [0.25, 0.3) is 0 Å². The van der Waals surface area contributed by atoms with Gasteiger partial charge in [-0.15, -0.1) is 0 Å². The van der Waals surface area contributed by atoms with Crippen LogP contribution in [0.15, 0.2) is 158 Å². The van der Waals surface area contributed by atoms with E-state index in [2.05, 4.69) is 59.9 Å². The van der Waals surface area contributed by atoms with Crippen molar-refractivity contribution in [2.24, 2.45) is 0 Å². The number of hydrogen-bond donors (Lipinski definition) is 3. The molecule has 0 radical (unpaired) electrons. The van der Waals surface area contributed by atoms with Crippen LogP contribution in [0.4, 0.5) is 22.7 Å². The lowest BCUT2D eigenvalue weighted by Gasteiger charge is -2.18. The van der Waals surface area contributed by atoms with Crippen LogP contribution in [-0.4, -0.2) is 0 Å². The van der Waals surface area contributed by atoms with Crippen LogP contribution in [0.5, 0.6) is 0 Å². The zero-order chi connectivity index (χ0) is 26.9. The summed E-state index contributed by atoms with van der Waals surface area (Å²) in [6.07, 6.45) is 0. The molecular formula is C36H31N3. The summed E-state index contributed by atoms with van der Waals surface area (Å²) in [6, 6.07) is 53.1. The predicted octanol–water partition coefficient (Wildman–Crippen LogP) is 9.28. The first-order valence-electron chi connectivity index (χ1n) is 13.0. The Hall–Kier alpha value is -5.28. The third-order valence-electron chi connectivity index (χ3n) is 6.42. The van der Waals surface area contributed by atoms with E-state index >= 15 is 0 Å². The van der Waals surface area contributed by atoms with Crippen molar-refractivity contribution < 1.29 is 0 Å². The summed E-state index contributed by atoms with van der Waals surface area (Å²) in [5, 5.41) is 3.30. The quantitative estimate of drug-likeness (QED) is 0.205. The summed E-state index contributed by atoms with van der Waals surface area (Å²) >= 11 is 0. The molecule has 39 heavy (non-hydrogen) atoms. The highest BCUT2D eigenvalue weighted by Crippen LogP contribution is 2.43. The smallest absolute Gasteiger partial charge is 0.0400 e. The fourth-order valence-corrected chi connectivity index (χ4v) is 4.55. The Labute approximate surface area is 230 Å². The number of benzene rings is 6. The van der Waals surface area contributed by atoms with E-state index in [0.717, 1.165) is 56.1 Å². The lowest BCUT2D eigenvalue weighted by molar-refractivity contribution is 1.55. The molecule has 3 heteroatoms. The first kappa shape index (κ1) is 25.4. The van der Waals surface area contributed by atoms with Crippen molar-refractivity contribution in [3.05, 3.63) is 158 Å². The minimum atomic E-state index is 0.758. The lowest BCUT2D eigenvalue weighted by atomic mass is 9.86. The molecule has 6 aromatic rings. The normalized spacial score (nSPS) is 10.3. The number of para-hydroxylation sites is 2. The minimum Gasteiger partial charge on any atom is -0.399 e. The zero-order valence-electron chi connectivity index (χ0n) is 21.7. The molecule has 0 amide bonds. The molecule has 0 spiro atoms. The van der Waals surface area contributed by atoms with E-state index < -0.39 is 0 Å². The second kappa shape index (κ2) is 12.3. The van der Waals surface area contributed by atoms with E-state index in [1.807, 2.05) is 103 Å². The van der Waals surface area contributed by atoms with Crippen molar-refractivity contribution in [1.82, 2.24) is 0 Å². The van der Waals surface area contributed by atoms with E-state index in [-0.39, 0.29) is 0 Å². The summed E-state index contributed by atoms with van der Waals surface area (Å²) < 4.78 is 0. The first-order chi connectivity index (χ1) is 19.2. The van der Waals surface area contributed by atoms with Crippen LogP contribution >= 0.6 is 0 Å². The van der Waals surface area contributed by atoms with Gasteiger partial charge in [0, 0.05) is 28.3 Å². The molecule has 5 N–H and O–H groups in total. The van der Waals surface area contributed by atoms with Crippen LogP contribution in [0, 0.1) is 0 Å². The van der Waals surface area contributed by atoms with Crippen LogP contribution in [-0.2, 0) is 0 Å². The third kappa shape index (κ3) is 6.35. The predicted molar refractivity (Wildman–Crippen MR) is 168 cm³/mol. The summed E-state index contributed by atoms with van der Waals surface area (Å²) in [7, 11) is 0. The van der Waals surface area contributed by atoms with Gasteiger partial charge in [0.05, 0.1) is 0 Å². The Bertz CT molecular complexity index is 1560. The number of nitrogen functional groups attached to an aromatic ring is 2. The molecule has 3 nitrogen and oxygen atoms in total. The average molecular weight is 506 g/mol. The summed E-state index contributed by atoms with van der Waals surface area (Å²) in [5.74, 6) is 0. The highest BCUT2D eigenvalue weighted by Gasteiger charge is 2.16. The lowest BCUT2D eigenvalue weighted by Crippen LogP contribution is -1.96. The van der Waals surface area contributed by atoms with E-state index in [4.69, 9.17) is 11.5 Å². The van der Waals surface area contributed by atoms with Gasteiger partial charge in [0.2, 0.25) is 0 Å². The molecule has 0 aliphatic heterocycles. The molecule has 6 rings (SSSR count). The number of rotatable bonds is 5. The average Bonchev–Trinajstić information content (AvgIpc) is 3.00. The second-order valence-electron chi connectivity index (χ2n) is 9.16. The Morgan fingerprint density at radius 1 is 0.359 bits per heavy atom. The fourth-order valence-electron chi connectivity index (χ4n) is 4.55. The van der Waals surface area contributed by atoms with E-state index in [1.165, 1.54) is 0 Å². The highest BCUT2D eigenvalue weighted by atomic mass is 14.9. The summed E-state index contributed by atoms with van der Waals surface area (Å²) in [5.41, 5.74) is 22.8. The van der Waals surface area contributed by atoms with Crippen LogP contribution in [0.2, 0.25) is 0 Å². The van der Waals surface area contributed by atoms with Gasteiger partial charge in [-0.25, -0.2) is 0 Å². The highest BCUT2D eigenvalue weighted by molar-refractivity contribution is 5.99. The van der Waals surface area contributed by atoms with Gasteiger partial charge in [-0.05, 0) is 70.3 Å². The third-order valence-corrected chi connectivity index (χ3v) is 6.42. The van der Waals surface area contributed by atoms with Gasteiger partial charge in [-0.2, -0.15) is 0 Å². The number of nitrogens with one attached hydrogen (secondary N) is 1. The largest absolute Gasteiger partial charge is 0.399 e. The Morgan fingerprint density at radius 2 is 0.795 bits per heavy atom. The molecule has 0 fully saturated rings. The van der Waals surface area contributed by atoms with Crippen molar-refractivity contribution in [3.8, 4) is 33.4 Å². The van der Waals surface area contributed by atoms with Gasteiger partial charge in [-0.1, -0.05) is 115 Å². The Kier molecular flexibility index (Phi) is 8.01. The summed E-state index contributed by atoms with van der Waals surface area (Å²) in [6.45, 7) is 0. The molecule has 0 bridgehead atoms. The molecule has 0 aromatic heterocycles. The van der Waals surface area contributed by atoms with Crippen molar-refractivity contribution in [3.63, 3.8) is 0 Å². The van der Waals surface area contributed by atoms with Crippen LogP contribution in [0.3, 0.4) is 0 Å². The van der Waals surface area contributed by atoms with Crippen LogP contribution in [0.1, 0.15) is 0 Å². The maximum absolute atomic E-state index is 6.44. The van der Waals surface area contributed by atoms with Crippen molar-refractivity contribution in [1.29, 1.82) is 0 Å². The molecule has 0 aliphatic carbocycles. The monoisotopic (exact) mass is 505 g/mol. The van der Waals surface area contributed by atoms with E-state index in [1.54, 1.807) is 0 Å². The van der Waals surface area contributed by atoms with Gasteiger partial charge in [0.1, 0.15) is 0 Å². The van der Waals surface area contributed by atoms with Crippen molar-refractivity contribution >= 4 is 22.7 Å². The molecule has 0 aliphatic rings. The fraction of sp³-hybridized carbons (Fsp3) is 0. The number of nitrogens with two attached hydrogens (primary N) is 2. The first-order valence-corrected chi connectivity index (χ1v) is 13.0. The SMILES string of the molecule is Nc1ccc(-c2ccc(N)c(-c3ccccc3)c2-c2ccccc2)cc1.c1ccc(Nc2ccccc2)cc1. The topological polar surface area (TPSA) is 64.1 Å². The molecule has 190 valence electrons. The molecule has 0 saturated carbocycles. The maximum atomic E-state index is 6.44. The standard InChI is InChI=1S/C24H20N2.C12H11N/c25-20-13-11-17(12-14-20)21-15-16-22(26)24(19-9-5-2-6-10-19)23(21)18-7-3-1-4-8-18;1-3-7-11(8-4-1)13-12-9-5-2-6-10-12/h1-16H,25-26H2;1-10,13H. The summed E-state index contributed by atoms with van der Waals surface area (Å²) in [4.78, 5) is 0. The Morgan fingerprint density at radius 3 is 1.28 bits per heavy atom. The minimum absolute atomic E-state index is 0.758. The van der Waals surface area contributed by atoms with E-state index in [0.29, 0.717) is 0 Å². The molecule has 0 saturated heterocycles. The Balaban J connectivity index is 0.000000198. The molecular weight excluding hydrogens is 474 g/mol. The van der Waals surface area contributed by atoms with Crippen LogP contribution < -0.4 is 16.8 Å². The number of anilines is 4.